The molecule has 0 aliphatic rings. The monoisotopic (exact) mass is 384 g/mol. The first kappa shape index (κ1) is 18.6. The zero-order chi connectivity index (χ0) is 18.8. The van der Waals surface area contributed by atoms with E-state index in [0.717, 1.165) is 16.8 Å². The minimum Gasteiger partial charge on any atom is -0.332 e. The zero-order valence-electron chi connectivity index (χ0n) is 15.3. The van der Waals surface area contributed by atoms with E-state index in [2.05, 4.69) is 43.2 Å². The van der Waals surface area contributed by atoms with Crippen molar-refractivity contribution in [2.45, 2.75) is 34.1 Å². The summed E-state index contributed by atoms with van der Waals surface area (Å²) in [7, 11) is 0. The predicted octanol–water partition coefficient (Wildman–Crippen LogP) is 6.20. The van der Waals surface area contributed by atoms with Crippen LogP contribution in [0.3, 0.4) is 0 Å². The molecule has 3 rings (SSSR count). The summed E-state index contributed by atoms with van der Waals surface area (Å²) in [6.45, 7) is 8.27. The van der Waals surface area contributed by atoms with Crippen LogP contribution in [0.15, 0.2) is 36.5 Å². The van der Waals surface area contributed by atoms with E-state index < -0.39 is 0 Å². The molecular formula is C21H21ClN2OS. The summed E-state index contributed by atoms with van der Waals surface area (Å²) in [5.41, 5.74) is 6.65. The molecule has 134 valence electrons. The van der Waals surface area contributed by atoms with Gasteiger partial charge in [-0.3, -0.25) is 4.79 Å². The Balaban J connectivity index is 1.76. The smallest absolute Gasteiger partial charge is 0.187 e. The SMILES string of the molecule is Cc1cc(Nc2ncc(C(=O)Cc3c(C)cccc3Cl)s2)cc(C)c1C. The van der Waals surface area contributed by atoms with E-state index >= 15 is 0 Å². The lowest BCUT2D eigenvalue weighted by atomic mass is 10.0. The van der Waals surface area contributed by atoms with Crippen molar-refractivity contribution in [1.82, 2.24) is 4.98 Å². The Morgan fingerprint density at radius 2 is 1.81 bits per heavy atom. The van der Waals surface area contributed by atoms with Crippen molar-refractivity contribution in [3.63, 3.8) is 0 Å². The van der Waals surface area contributed by atoms with Gasteiger partial charge in [-0.05, 0) is 73.7 Å². The fourth-order valence-electron chi connectivity index (χ4n) is 2.83. The van der Waals surface area contributed by atoms with E-state index in [1.165, 1.54) is 28.0 Å². The maximum Gasteiger partial charge on any atom is 0.187 e. The first-order valence-electron chi connectivity index (χ1n) is 8.43. The molecule has 3 aromatic rings. The third kappa shape index (κ3) is 3.97. The molecule has 0 atom stereocenters. The normalized spacial score (nSPS) is 10.8. The third-order valence-electron chi connectivity index (χ3n) is 4.65. The molecule has 0 aliphatic heterocycles. The molecule has 0 saturated heterocycles. The van der Waals surface area contributed by atoms with Crippen molar-refractivity contribution in [3.05, 3.63) is 74.2 Å². The Bertz CT molecular complexity index is 935. The number of Topliss-reactive ketones (excluding diaryl/α,β-unsaturated/α-hetero) is 1. The molecule has 0 unspecified atom stereocenters. The number of aromatic nitrogens is 1. The van der Waals surface area contributed by atoms with Crippen LogP contribution in [0.4, 0.5) is 10.8 Å². The fourth-order valence-corrected chi connectivity index (χ4v) is 3.89. The van der Waals surface area contributed by atoms with Gasteiger partial charge in [0.05, 0.1) is 11.1 Å². The summed E-state index contributed by atoms with van der Waals surface area (Å²) in [5.74, 6) is 0.0306. The van der Waals surface area contributed by atoms with Crippen LogP contribution < -0.4 is 5.32 Å². The van der Waals surface area contributed by atoms with Crippen LogP contribution in [0, 0.1) is 27.7 Å². The lowest BCUT2D eigenvalue weighted by Gasteiger charge is -2.09. The number of nitrogens with zero attached hydrogens (tertiary/aromatic N) is 1. The highest BCUT2D eigenvalue weighted by Crippen LogP contribution is 2.27. The molecular weight excluding hydrogens is 364 g/mol. The molecule has 5 heteroatoms. The standard InChI is InChI=1S/C21H21ClN2OS/c1-12-6-5-7-18(22)17(12)10-19(25)20-11-23-21(26-20)24-16-8-13(2)15(4)14(3)9-16/h5-9,11H,10H2,1-4H3,(H,23,24). The van der Waals surface area contributed by atoms with E-state index in [0.29, 0.717) is 15.0 Å². The molecule has 0 saturated carbocycles. The van der Waals surface area contributed by atoms with Gasteiger partial charge in [0.25, 0.3) is 0 Å². The number of nitrogens with one attached hydrogen (secondary N) is 1. The first-order chi connectivity index (χ1) is 12.3. The van der Waals surface area contributed by atoms with E-state index in [4.69, 9.17) is 11.6 Å². The number of benzene rings is 2. The summed E-state index contributed by atoms with van der Waals surface area (Å²) < 4.78 is 0. The van der Waals surface area contributed by atoms with E-state index in [1.54, 1.807) is 6.20 Å². The molecule has 0 spiro atoms. The molecule has 0 aliphatic carbocycles. The van der Waals surface area contributed by atoms with Gasteiger partial charge in [0.2, 0.25) is 0 Å². The second-order valence-electron chi connectivity index (χ2n) is 6.52. The van der Waals surface area contributed by atoms with Crippen molar-refractivity contribution in [3.8, 4) is 0 Å². The highest BCUT2D eigenvalue weighted by molar-refractivity contribution is 7.17. The molecule has 1 N–H and O–H groups in total. The summed E-state index contributed by atoms with van der Waals surface area (Å²) in [6, 6.07) is 9.87. The van der Waals surface area contributed by atoms with Gasteiger partial charge in [0.15, 0.2) is 10.9 Å². The molecule has 0 radical (unpaired) electrons. The Kier molecular flexibility index (Phi) is 5.44. The number of ketones is 1. The van der Waals surface area contributed by atoms with Crippen molar-refractivity contribution in [1.29, 1.82) is 0 Å². The number of hydrogen-bond donors (Lipinski definition) is 1. The Morgan fingerprint density at radius 1 is 1.12 bits per heavy atom. The zero-order valence-corrected chi connectivity index (χ0v) is 16.9. The number of hydrogen-bond acceptors (Lipinski definition) is 4. The average Bonchev–Trinajstić information content (AvgIpc) is 3.04. The molecule has 3 nitrogen and oxygen atoms in total. The summed E-state index contributed by atoms with van der Waals surface area (Å²) in [4.78, 5) is 17.6. The maximum atomic E-state index is 12.6. The number of rotatable bonds is 5. The van der Waals surface area contributed by atoms with Crippen molar-refractivity contribution in [2.75, 3.05) is 5.32 Å². The van der Waals surface area contributed by atoms with Crippen LogP contribution in [-0.4, -0.2) is 10.8 Å². The van der Waals surface area contributed by atoms with Gasteiger partial charge in [-0.15, -0.1) is 0 Å². The topological polar surface area (TPSA) is 42.0 Å². The number of carbonyl (C=O) groups excluding carboxylic acids is 1. The van der Waals surface area contributed by atoms with E-state index in [1.807, 2.05) is 25.1 Å². The second kappa shape index (κ2) is 7.60. The fraction of sp³-hybridized carbons (Fsp3) is 0.238. The summed E-state index contributed by atoms with van der Waals surface area (Å²) in [5, 5.41) is 4.65. The average molecular weight is 385 g/mol. The number of aryl methyl sites for hydroxylation is 3. The molecule has 2 aromatic carbocycles. The molecule has 1 aromatic heterocycles. The number of anilines is 2. The predicted molar refractivity (Wildman–Crippen MR) is 110 cm³/mol. The van der Waals surface area contributed by atoms with Crippen LogP contribution in [0.25, 0.3) is 0 Å². The molecule has 1 heterocycles. The van der Waals surface area contributed by atoms with Crippen molar-refractivity contribution < 1.29 is 4.79 Å². The number of halogens is 1. The largest absolute Gasteiger partial charge is 0.332 e. The van der Waals surface area contributed by atoms with Gasteiger partial charge >= 0.3 is 0 Å². The van der Waals surface area contributed by atoms with Crippen LogP contribution in [-0.2, 0) is 6.42 Å². The Labute approximate surface area is 163 Å². The molecule has 0 bridgehead atoms. The first-order valence-corrected chi connectivity index (χ1v) is 9.62. The summed E-state index contributed by atoms with van der Waals surface area (Å²) >= 11 is 7.61. The minimum absolute atomic E-state index is 0.0306. The second-order valence-corrected chi connectivity index (χ2v) is 7.96. The third-order valence-corrected chi connectivity index (χ3v) is 5.96. The summed E-state index contributed by atoms with van der Waals surface area (Å²) in [6.07, 6.45) is 1.92. The molecule has 26 heavy (non-hydrogen) atoms. The van der Waals surface area contributed by atoms with Gasteiger partial charge in [-0.25, -0.2) is 4.98 Å². The number of thiazole rings is 1. The molecule has 0 amide bonds. The lowest BCUT2D eigenvalue weighted by Crippen LogP contribution is -2.03. The van der Waals surface area contributed by atoms with Crippen LogP contribution in [0.2, 0.25) is 5.02 Å². The quantitative estimate of drug-likeness (QED) is 0.532. The minimum atomic E-state index is 0.0306. The highest BCUT2D eigenvalue weighted by Gasteiger charge is 2.15. The van der Waals surface area contributed by atoms with E-state index in [9.17, 15) is 4.79 Å². The van der Waals surface area contributed by atoms with Gasteiger partial charge in [-0.1, -0.05) is 35.1 Å². The van der Waals surface area contributed by atoms with Crippen LogP contribution in [0.1, 0.15) is 37.5 Å². The van der Waals surface area contributed by atoms with Crippen LogP contribution in [0.5, 0.6) is 0 Å². The van der Waals surface area contributed by atoms with Crippen molar-refractivity contribution >= 4 is 39.5 Å². The van der Waals surface area contributed by atoms with Gasteiger partial charge in [0.1, 0.15) is 0 Å². The highest BCUT2D eigenvalue weighted by atomic mass is 35.5. The van der Waals surface area contributed by atoms with Gasteiger partial charge < -0.3 is 5.32 Å². The Morgan fingerprint density at radius 3 is 2.46 bits per heavy atom. The maximum absolute atomic E-state index is 12.6. The number of carbonyl (C=O) groups is 1. The lowest BCUT2D eigenvalue weighted by molar-refractivity contribution is 0.0996. The van der Waals surface area contributed by atoms with Gasteiger partial charge in [0, 0.05) is 17.1 Å². The van der Waals surface area contributed by atoms with E-state index in [-0.39, 0.29) is 12.2 Å². The van der Waals surface area contributed by atoms with Gasteiger partial charge in [-0.2, -0.15) is 0 Å². The molecule has 0 fully saturated rings. The Hall–Kier alpha value is -2.17. The van der Waals surface area contributed by atoms with Crippen LogP contribution >= 0.6 is 22.9 Å². The van der Waals surface area contributed by atoms with Crippen molar-refractivity contribution in [2.24, 2.45) is 0 Å².